The van der Waals surface area contributed by atoms with Gasteiger partial charge in [0.15, 0.2) is 5.82 Å². The predicted octanol–water partition coefficient (Wildman–Crippen LogP) is 4.63. The topological polar surface area (TPSA) is 85.9 Å². The second-order valence-corrected chi connectivity index (χ2v) is 7.10. The molecule has 0 amide bonds. The first-order valence-corrected chi connectivity index (χ1v) is 9.73. The van der Waals surface area contributed by atoms with E-state index in [-0.39, 0.29) is 5.75 Å². The molecule has 1 N–H and O–H groups in total. The molecule has 2 heterocycles. The molecule has 4 rings (SSSR count). The zero-order valence-electron chi connectivity index (χ0n) is 16.7. The summed E-state index contributed by atoms with van der Waals surface area (Å²) in [6.45, 7) is 3.10. The number of aryl methyl sites for hydroxylation is 1. The van der Waals surface area contributed by atoms with Crippen molar-refractivity contribution in [1.29, 1.82) is 5.26 Å². The zero-order chi connectivity index (χ0) is 20.9. The lowest BCUT2D eigenvalue weighted by molar-refractivity contribution is 0.477. The fourth-order valence-corrected chi connectivity index (χ4v) is 3.40. The van der Waals surface area contributed by atoms with Crippen LogP contribution in [0.3, 0.4) is 0 Å². The van der Waals surface area contributed by atoms with Gasteiger partial charge in [-0.1, -0.05) is 24.3 Å². The quantitative estimate of drug-likeness (QED) is 0.512. The fraction of sp³-hybridized carbons (Fsp3) is 0.167. The van der Waals surface area contributed by atoms with Gasteiger partial charge >= 0.3 is 0 Å². The van der Waals surface area contributed by atoms with Gasteiger partial charge in [-0.2, -0.15) is 5.26 Å². The Morgan fingerprint density at radius 3 is 2.70 bits per heavy atom. The normalized spacial score (nSPS) is 10.7. The van der Waals surface area contributed by atoms with E-state index < -0.39 is 0 Å². The summed E-state index contributed by atoms with van der Waals surface area (Å²) in [5.74, 6) is 1.32. The van der Waals surface area contributed by atoms with Crippen LogP contribution in [0.15, 0.2) is 67.0 Å². The third-order valence-electron chi connectivity index (χ3n) is 4.87. The van der Waals surface area contributed by atoms with Gasteiger partial charge in [-0.05, 0) is 48.4 Å². The first kappa shape index (κ1) is 19.3. The Kier molecular flexibility index (Phi) is 5.53. The van der Waals surface area contributed by atoms with Gasteiger partial charge in [0.25, 0.3) is 0 Å². The van der Waals surface area contributed by atoms with Crippen molar-refractivity contribution in [2.75, 3.05) is 11.4 Å². The van der Waals surface area contributed by atoms with E-state index in [9.17, 15) is 10.4 Å². The molecule has 4 aromatic rings. The largest absolute Gasteiger partial charge is 0.507 e. The van der Waals surface area contributed by atoms with E-state index in [1.807, 2.05) is 49.5 Å². The van der Waals surface area contributed by atoms with Crippen molar-refractivity contribution in [2.24, 2.45) is 0 Å². The van der Waals surface area contributed by atoms with Gasteiger partial charge in [0, 0.05) is 30.9 Å². The highest BCUT2D eigenvalue weighted by atomic mass is 16.3. The highest BCUT2D eigenvalue weighted by molar-refractivity contribution is 5.91. The van der Waals surface area contributed by atoms with Gasteiger partial charge in [-0.3, -0.25) is 4.98 Å². The van der Waals surface area contributed by atoms with Crippen molar-refractivity contribution in [3.05, 3.63) is 78.1 Å². The van der Waals surface area contributed by atoms with Gasteiger partial charge in [-0.25, -0.2) is 9.97 Å². The third kappa shape index (κ3) is 4.06. The molecule has 148 valence electrons. The lowest BCUT2D eigenvalue weighted by Crippen LogP contribution is -2.25. The molecule has 6 heteroatoms. The van der Waals surface area contributed by atoms with Gasteiger partial charge in [0.1, 0.15) is 11.6 Å². The Morgan fingerprint density at radius 2 is 1.93 bits per heavy atom. The molecule has 0 radical (unpaired) electrons. The lowest BCUT2D eigenvalue weighted by atomic mass is 10.1. The minimum atomic E-state index is 0.131. The standard InChI is InChI=1S/C24H21N5O/c1-17-9-10-19-21(14-17)27-23(20-7-2-3-8-22(20)30)28-24(19)29(13-5-11-25)16-18-6-4-12-26-15-18/h2-4,6-10,12,14-15,30H,5,13,16H2,1H3. The van der Waals surface area contributed by atoms with Gasteiger partial charge < -0.3 is 10.0 Å². The monoisotopic (exact) mass is 395 g/mol. The lowest BCUT2D eigenvalue weighted by Gasteiger charge is -2.25. The molecule has 2 aromatic carbocycles. The molecular formula is C24H21N5O. The molecule has 0 aliphatic carbocycles. The zero-order valence-corrected chi connectivity index (χ0v) is 16.7. The number of nitrogens with zero attached hydrogens (tertiary/aromatic N) is 5. The fourth-order valence-electron chi connectivity index (χ4n) is 3.40. The number of anilines is 1. The third-order valence-corrected chi connectivity index (χ3v) is 4.87. The van der Waals surface area contributed by atoms with E-state index >= 15 is 0 Å². The van der Waals surface area contributed by atoms with Crippen LogP contribution < -0.4 is 4.90 Å². The summed E-state index contributed by atoms with van der Waals surface area (Å²) >= 11 is 0. The summed E-state index contributed by atoms with van der Waals surface area (Å²) in [6, 6.07) is 19.2. The molecule has 0 saturated heterocycles. The Labute approximate surface area is 175 Å². The number of para-hydroxylation sites is 1. The van der Waals surface area contributed by atoms with Crippen molar-refractivity contribution in [1.82, 2.24) is 15.0 Å². The highest BCUT2D eigenvalue weighted by Crippen LogP contribution is 2.32. The number of phenolic OH excluding ortho intramolecular Hbond substituents is 1. The van der Waals surface area contributed by atoms with E-state index in [0.29, 0.717) is 30.9 Å². The first-order chi connectivity index (χ1) is 14.7. The molecule has 0 unspecified atom stereocenters. The summed E-state index contributed by atoms with van der Waals surface area (Å²) in [7, 11) is 0. The molecule has 0 bridgehead atoms. The predicted molar refractivity (Wildman–Crippen MR) is 117 cm³/mol. The minimum absolute atomic E-state index is 0.131. The Morgan fingerprint density at radius 1 is 1.07 bits per heavy atom. The van der Waals surface area contributed by atoms with E-state index in [4.69, 9.17) is 9.97 Å². The number of phenols is 1. The molecule has 6 nitrogen and oxygen atoms in total. The number of aromatic nitrogens is 3. The number of nitriles is 1. The summed E-state index contributed by atoms with van der Waals surface area (Å²) in [5, 5.41) is 20.4. The van der Waals surface area contributed by atoms with Gasteiger partial charge in [-0.15, -0.1) is 0 Å². The number of pyridine rings is 1. The van der Waals surface area contributed by atoms with Crippen LogP contribution in [-0.2, 0) is 6.54 Å². The SMILES string of the molecule is Cc1ccc2c(N(CCC#N)Cc3cccnc3)nc(-c3ccccc3O)nc2c1. The van der Waals surface area contributed by atoms with Crippen LogP contribution in [0.4, 0.5) is 5.82 Å². The van der Waals surface area contributed by atoms with Crippen LogP contribution >= 0.6 is 0 Å². The maximum absolute atomic E-state index is 10.4. The molecule has 0 atom stereocenters. The molecule has 30 heavy (non-hydrogen) atoms. The van der Waals surface area contributed by atoms with Crippen molar-refractivity contribution in [2.45, 2.75) is 19.9 Å². The second kappa shape index (κ2) is 8.58. The number of hydrogen-bond donors (Lipinski definition) is 1. The van der Waals surface area contributed by atoms with Crippen molar-refractivity contribution < 1.29 is 5.11 Å². The smallest absolute Gasteiger partial charge is 0.165 e. The Balaban J connectivity index is 1.89. The van der Waals surface area contributed by atoms with Crippen molar-refractivity contribution in [3.8, 4) is 23.2 Å². The van der Waals surface area contributed by atoms with Crippen LogP contribution in [0.2, 0.25) is 0 Å². The van der Waals surface area contributed by atoms with Gasteiger partial charge in [0.2, 0.25) is 0 Å². The van der Waals surface area contributed by atoms with E-state index in [2.05, 4.69) is 16.0 Å². The summed E-state index contributed by atoms with van der Waals surface area (Å²) in [5.41, 5.74) is 3.49. The number of rotatable bonds is 6. The van der Waals surface area contributed by atoms with Crippen LogP contribution in [0.25, 0.3) is 22.3 Å². The van der Waals surface area contributed by atoms with E-state index in [1.54, 1.807) is 24.4 Å². The molecule has 0 saturated carbocycles. The van der Waals surface area contributed by atoms with E-state index in [1.165, 1.54) is 0 Å². The highest BCUT2D eigenvalue weighted by Gasteiger charge is 2.17. The van der Waals surface area contributed by atoms with Gasteiger partial charge in [0.05, 0.1) is 23.6 Å². The van der Waals surface area contributed by atoms with Crippen molar-refractivity contribution >= 4 is 16.7 Å². The molecular weight excluding hydrogens is 374 g/mol. The maximum atomic E-state index is 10.4. The number of hydrogen-bond acceptors (Lipinski definition) is 6. The molecule has 0 aliphatic heterocycles. The Hall–Kier alpha value is -3.98. The van der Waals surface area contributed by atoms with Crippen LogP contribution in [0.5, 0.6) is 5.75 Å². The van der Waals surface area contributed by atoms with Crippen LogP contribution in [0, 0.1) is 18.3 Å². The maximum Gasteiger partial charge on any atom is 0.165 e. The second-order valence-electron chi connectivity index (χ2n) is 7.10. The van der Waals surface area contributed by atoms with Crippen LogP contribution in [0.1, 0.15) is 17.5 Å². The average molecular weight is 395 g/mol. The average Bonchev–Trinajstić information content (AvgIpc) is 2.76. The molecule has 2 aromatic heterocycles. The molecule has 0 aliphatic rings. The number of aromatic hydroxyl groups is 1. The van der Waals surface area contributed by atoms with Crippen molar-refractivity contribution in [3.63, 3.8) is 0 Å². The first-order valence-electron chi connectivity index (χ1n) is 9.73. The molecule has 0 fully saturated rings. The number of fused-ring (bicyclic) bond motifs is 1. The summed E-state index contributed by atoms with van der Waals surface area (Å²) < 4.78 is 0. The van der Waals surface area contributed by atoms with E-state index in [0.717, 1.165) is 27.8 Å². The van der Waals surface area contributed by atoms with Crippen LogP contribution in [-0.4, -0.2) is 26.6 Å². The molecule has 0 spiro atoms. The number of benzene rings is 2. The summed E-state index contributed by atoms with van der Waals surface area (Å²) in [6.07, 6.45) is 3.92. The summed E-state index contributed by atoms with van der Waals surface area (Å²) in [4.78, 5) is 15.8. The minimum Gasteiger partial charge on any atom is -0.507 e. The Bertz CT molecular complexity index is 1220.